The van der Waals surface area contributed by atoms with Crippen LogP contribution in [0.15, 0.2) is 0 Å². The fraction of sp³-hybridized carbons (Fsp3) is 0.933. The quantitative estimate of drug-likeness (QED) is 0.819. The molecule has 0 bridgehead atoms. The molecule has 1 saturated heterocycles. The van der Waals surface area contributed by atoms with Crippen molar-refractivity contribution in [2.45, 2.75) is 50.5 Å². The molecule has 2 aliphatic rings. The average Bonchev–Trinajstić information content (AvgIpc) is 2.90. The molecule has 1 heterocycles. The summed E-state index contributed by atoms with van der Waals surface area (Å²) in [5.41, 5.74) is 0.280. The number of piperidine rings is 1. The van der Waals surface area contributed by atoms with Gasteiger partial charge >= 0.3 is 0 Å². The van der Waals surface area contributed by atoms with Gasteiger partial charge in [-0.25, -0.2) is 0 Å². The molecule has 2 rings (SSSR count). The number of hydrogen-bond donors (Lipinski definition) is 1. The highest BCUT2D eigenvalue weighted by Gasteiger charge is 2.35. The van der Waals surface area contributed by atoms with E-state index >= 15 is 0 Å². The monoisotopic (exact) mass is 267 g/mol. The van der Waals surface area contributed by atoms with Crippen molar-refractivity contribution in [3.8, 4) is 0 Å². The second kappa shape index (κ2) is 6.71. The molecular weight excluding hydrogens is 238 g/mol. The Hall–Kier alpha value is -0.610. The topological polar surface area (TPSA) is 35.6 Å². The number of likely N-dealkylation sites (tertiary alicyclic amines) is 1. The van der Waals surface area contributed by atoms with Gasteiger partial charge in [0.25, 0.3) is 0 Å². The molecule has 0 spiro atoms. The molecule has 0 aromatic heterocycles. The second-order valence-electron chi connectivity index (χ2n) is 6.37. The van der Waals surface area contributed by atoms with Crippen molar-refractivity contribution in [1.29, 1.82) is 0 Å². The zero-order valence-electron chi connectivity index (χ0n) is 12.6. The number of hydrogen-bond acceptors (Lipinski definition) is 3. The Morgan fingerprint density at radius 1 is 1.11 bits per heavy atom. The summed E-state index contributed by atoms with van der Waals surface area (Å²) in [4.78, 5) is 16.5. The van der Waals surface area contributed by atoms with Crippen LogP contribution in [-0.4, -0.2) is 61.5 Å². The minimum Gasteiger partial charge on any atom is -0.342 e. The molecule has 0 radical (unpaired) electrons. The maximum atomic E-state index is 12.1. The van der Waals surface area contributed by atoms with Crippen molar-refractivity contribution in [2.75, 3.05) is 40.3 Å². The van der Waals surface area contributed by atoms with Gasteiger partial charge in [0, 0.05) is 25.2 Å². The van der Waals surface area contributed by atoms with Crippen LogP contribution in [0, 0.1) is 0 Å². The third kappa shape index (κ3) is 3.69. The number of nitrogens with one attached hydrogen (secondary N) is 1. The molecule has 0 unspecified atom stereocenters. The van der Waals surface area contributed by atoms with E-state index in [-0.39, 0.29) is 11.4 Å². The first-order valence-corrected chi connectivity index (χ1v) is 7.80. The summed E-state index contributed by atoms with van der Waals surface area (Å²) in [7, 11) is 4.33. The minimum absolute atomic E-state index is 0.280. The largest absolute Gasteiger partial charge is 0.342 e. The van der Waals surface area contributed by atoms with Crippen molar-refractivity contribution in [2.24, 2.45) is 0 Å². The van der Waals surface area contributed by atoms with Gasteiger partial charge in [-0.15, -0.1) is 0 Å². The Morgan fingerprint density at radius 2 is 1.74 bits per heavy atom. The van der Waals surface area contributed by atoms with E-state index in [9.17, 15) is 4.79 Å². The van der Waals surface area contributed by atoms with E-state index in [2.05, 4.69) is 24.3 Å². The van der Waals surface area contributed by atoms with Crippen LogP contribution in [0.1, 0.15) is 44.9 Å². The molecule has 2 fully saturated rings. The lowest BCUT2D eigenvalue weighted by molar-refractivity contribution is -0.131. The van der Waals surface area contributed by atoms with Crippen LogP contribution in [0.3, 0.4) is 0 Å². The number of nitrogens with zero attached hydrogens (tertiary/aromatic N) is 2. The SMILES string of the molecule is CN(C)C1(CNCC(=O)N2CCCCC2)CCCC1. The zero-order chi connectivity index (χ0) is 13.7. The highest BCUT2D eigenvalue weighted by molar-refractivity contribution is 5.78. The van der Waals surface area contributed by atoms with E-state index in [1.807, 2.05) is 4.90 Å². The van der Waals surface area contributed by atoms with Gasteiger partial charge in [-0.1, -0.05) is 12.8 Å². The molecule has 19 heavy (non-hydrogen) atoms. The predicted molar refractivity (Wildman–Crippen MR) is 78.2 cm³/mol. The summed E-state index contributed by atoms with van der Waals surface area (Å²) in [6, 6.07) is 0. The van der Waals surface area contributed by atoms with Gasteiger partial charge in [-0.05, 0) is 46.2 Å². The van der Waals surface area contributed by atoms with Gasteiger partial charge in [-0.2, -0.15) is 0 Å². The van der Waals surface area contributed by atoms with Crippen molar-refractivity contribution < 1.29 is 4.79 Å². The van der Waals surface area contributed by atoms with Crippen molar-refractivity contribution in [1.82, 2.24) is 15.1 Å². The van der Waals surface area contributed by atoms with Crippen LogP contribution < -0.4 is 5.32 Å². The zero-order valence-corrected chi connectivity index (χ0v) is 12.6. The second-order valence-corrected chi connectivity index (χ2v) is 6.37. The lowest BCUT2D eigenvalue weighted by atomic mass is 9.96. The number of carbonyl (C=O) groups excluding carboxylic acids is 1. The molecular formula is C15H29N3O. The maximum Gasteiger partial charge on any atom is 0.236 e. The molecule has 1 aliphatic heterocycles. The first-order valence-electron chi connectivity index (χ1n) is 7.80. The third-order valence-electron chi connectivity index (χ3n) is 4.92. The van der Waals surface area contributed by atoms with Gasteiger partial charge in [0.2, 0.25) is 5.91 Å². The smallest absolute Gasteiger partial charge is 0.236 e. The van der Waals surface area contributed by atoms with Gasteiger partial charge in [-0.3, -0.25) is 4.79 Å². The Labute approximate surface area is 117 Å². The molecule has 110 valence electrons. The maximum absolute atomic E-state index is 12.1. The standard InChI is InChI=1S/C15H29N3O/c1-17(2)15(8-4-5-9-15)13-16-12-14(19)18-10-6-3-7-11-18/h16H,3-13H2,1-2H3. The molecule has 1 aliphatic carbocycles. The highest BCUT2D eigenvalue weighted by Crippen LogP contribution is 2.32. The van der Waals surface area contributed by atoms with Crippen LogP contribution in [0.2, 0.25) is 0 Å². The molecule has 1 amide bonds. The Morgan fingerprint density at radius 3 is 2.32 bits per heavy atom. The first kappa shape index (κ1) is 14.8. The lowest BCUT2D eigenvalue weighted by Gasteiger charge is -2.37. The molecule has 0 aromatic carbocycles. The Balaban J connectivity index is 1.74. The Kier molecular flexibility index (Phi) is 5.22. The van der Waals surface area contributed by atoms with E-state index in [4.69, 9.17) is 0 Å². The number of likely N-dealkylation sites (N-methyl/N-ethyl adjacent to an activating group) is 1. The van der Waals surface area contributed by atoms with E-state index in [1.165, 1.54) is 44.9 Å². The first-order chi connectivity index (χ1) is 9.14. The minimum atomic E-state index is 0.280. The van der Waals surface area contributed by atoms with Crippen molar-refractivity contribution in [3.05, 3.63) is 0 Å². The third-order valence-corrected chi connectivity index (χ3v) is 4.92. The van der Waals surface area contributed by atoms with E-state index in [0.717, 1.165) is 19.6 Å². The molecule has 4 heteroatoms. The number of carbonyl (C=O) groups is 1. The fourth-order valence-electron chi connectivity index (χ4n) is 3.47. The van der Waals surface area contributed by atoms with E-state index in [0.29, 0.717) is 6.54 Å². The normalized spacial score (nSPS) is 23.0. The van der Waals surface area contributed by atoms with Crippen LogP contribution in [0.5, 0.6) is 0 Å². The molecule has 4 nitrogen and oxygen atoms in total. The van der Waals surface area contributed by atoms with Crippen LogP contribution >= 0.6 is 0 Å². The van der Waals surface area contributed by atoms with Crippen LogP contribution in [0.25, 0.3) is 0 Å². The summed E-state index contributed by atoms with van der Waals surface area (Å²) in [5.74, 6) is 0.284. The molecule has 0 aromatic rings. The summed E-state index contributed by atoms with van der Waals surface area (Å²) >= 11 is 0. The number of rotatable bonds is 5. The summed E-state index contributed by atoms with van der Waals surface area (Å²) in [5, 5.41) is 3.41. The molecule has 1 saturated carbocycles. The fourth-order valence-corrected chi connectivity index (χ4v) is 3.47. The van der Waals surface area contributed by atoms with Crippen LogP contribution in [0.4, 0.5) is 0 Å². The lowest BCUT2D eigenvalue weighted by Crippen LogP contribution is -2.51. The summed E-state index contributed by atoms with van der Waals surface area (Å²) in [6.45, 7) is 3.37. The number of amides is 1. The highest BCUT2D eigenvalue weighted by atomic mass is 16.2. The van der Waals surface area contributed by atoms with Gasteiger partial charge in [0.15, 0.2) is 0 Å². The predicted octanol–water partition coefficient (Wildman–Crippen LogP) is 1.46. The Bertz CT molecular complexity index is 292. The van der Waals surface area contributed by atoms with Crippen molar-refractivity contribution >= 4 is 5.91 Å². The van der Waals surface area contributed by atoms with E-state index in [1.54, 1.807) is 0 Å². The molecule has 1 N–H and O–H groups in total. The van der Waals surface area contributed by atoms with Crippen LogP contribution in [-0.2, 0) is 4.79 Å². The average molecular weight is 267 g/mol. The molecule has 0 atom stereocenters. The van der Waals surface area contributed by atoms with Crippen molar-refractivity contribution in [3.63, 3.8) is 0 Å². The van der Waals surface area contributed by atoms with Gasteiger partial charge in [0.1, 0.15) is 0 Å². The summed E-state index contributed by atoms with van der Waals surface area (Å²) in [6.07, 6.45) is 8.78. The summed E-state index contributed by atoms with van der Waals surface area (Å²) < 4.78 is 0. The van der Waals surface area contributed by atoms with Gasteiger partial charge < -0.3 is 15.1 Å². The van der Waals surface area contributed by atoms with Gasteiger partial charge in [0.05, 0.1) is 6.54 Å². The van der Waals surface area contributed by atoms with E-state index < -0.39 is 0 Å².